The van der Waals surface area contributed by atoms with Gasteiger partial charge in [-0.05, 0) is 36.4 Å². The monoisotopic (exact) mass is 459 g/mol. The van der Waals surface area contributed by atoms with Crippen molar-refractivity contribution in [3.63, 3.8) is 0 Å². The smallest absolute Gasteiger partial charge is 0.189 e. The Balaban J connectivity index is 1.64. The Bertz CT molecular complexity index is 1270. The second-order valence-corrected chi connectivity index (χ2v) is 7.79. The Morgan fingerprint density at radius 1 is 0.967 bits per heavy atom. The number of hydrogen-bond donors (Lipinski definition) is 1. The molecule has 0 bridgehead atoms. The molecule has 0 saturated heterocycles. The summed E-state index contributed by atoms with van der Waals surface area (Å²) in [6.07, 6.45) is 5.03. The predicted octanol–water partition coefficient (Wildman–Crippen LogP) is 5.89. The second-order valence-electron chi connectivity index (χ2n) is 6.88. The number of fused-ring (bicyclic) bond motifs is 1. The molecule has 0 unspecified atom stereocenters. The Hall–Kier alpha value is -3.44. The molecule has 0 saturated carbocycles. The first kappa shape index (κ1) is 19.9. The Morgan fingerprint density at radius 3 is 2.47 bits per heavy atom. The third-order valence-corrected chi connectivity index (χ3v) is 5.36. The van der Waals surface area contributed by atoms with Gasteiger partial charge in [-0.15, -0.1) is 0 Å². The van der Waals surface area contributed by atoms with Crippen LogP contribution < -0.4 is 0 Å². The van der Waals surface area contributed by atoms with Crippen molar-refractivity contribution in [2.75, 3.05) is 0 Å². The molecule has 4 rings (SSSR count). The molecule has 0 fully saturated rings. The minimum absolute atomic E-state index is 0.0164. The Kier molecular flexibility index (Phi) is 5.63. The zero-order valence-electron chi connectivity index (χ0n) is 16.0. The van der Waals surface area contributed by atoms with E-state index in [9.17, 15) is 14.7 Å². The lowest BCUT2D eigenvalue weighted by molar-refractivity contribution is 0.0972. The van der Waals surface area contributed by atoms with E-state index in [0.29, 0.717) is 10.0 Å². The molecule has 4 aromatic rings. The van der Waals surface area contributed by atoms with Crippen molar-refractivity contribution in [2.24, 2.45) is 0 Å². The van der Waals surface area contributed by atoms with Crippen LogP contribution in [0.1, 0.15) is 26.3 Å². The maximum atomic E-state index is 12.7. The molecule has 3 aromatic carbocycles. The average molecular weight is 460 g/mol. The molecule has 1 aromatic heterocycles. The molecule has 0 radical (unpaired) electrons. The van der Waals surface area contributed by atoms with Crippen molar-refractivity contribution in [1.29, 1.82) is 0 Å². The first-order valence-corrected chi connectivity index (χ1v) is 10.2. The van der Waals surface area contributed by atoms with Crippen LogP contribution >= 0.6 is 15.9 Å². The highest BCUT2D eigenvalue weighted by molar-refractivity contribution is 9.10. The summed E-state index contributed by atoms with van der Waals surface area (Å²) < 4.78 is 2.60. The average Bonchev–Trinajstić information content (AvgIpc) is 3.10. The van der Waals surface area contributed by atoms with Crippen LogP contribution in [-0.4, -0.2) is 21.2 Å². The summed E-state index contributed by atoms with van der Waals surface area (Å²) in [5.41, 5.74) is 2.64. The Morgan fingerprint density at radius 2 is 1.70 bits per heavy atom. The number of benzene rings is 3. The minimum Gasteiger partial charge on any atom is -0.507 e. The van der Waals surface area contributed by atoms with Gasteiger partial charge in [-0.25, -0.2) is 0 Å². The largest absolute Gasteiger partial charge is 0.507 e. The number of aromatic nitrogens is 1. The zero-order chi connectivity index (χ0) is 21.1. The summed E-state index contributed by atoms with van der Waals surface area (Å²) in [6.45, 7) is 0.208. The van der Waals surface area contributed by atoms with Crippen LogP contribution in [0.25, 0.3) is 17.0 Å². The molecule has 0 amide bonds. The highest BCUT2D eigenvalue weighted by atomic mass is 79.9. The standard InChI is InChI=1S/C25H18BrNO3/c26-19-11-12-21(24(29)14-19)23(28)13-10-18-15-27(22-9-5-4-8-20(18)22)16-25(30)17-6-2-1-3-7-17/h1-15,29H,16H2/b13-10+. The summed E-state index contributed by atoms with van der Waals surface area (Å²) in [6, 6.07) is 21.7. The van der Waals surface area contributed by atoms with Gasteiger partial charge in [0.15, 0.2) is 11.6 Å². The summed E-state index contributed by atoms with van der Waals surface area (Å²) >= 11 is 3.27. The van der Waals surface area contributed by atoms with E-state index < -0.39 is 0 Å². The molecule has 0 aliphatic carbocycles. The number of carbonyl (C=O) groups is 2. The van der Waals surface area contributed by atoms with Crippen LogP contribution in [0.4, 0.5) is 0 Å². The summed E-state index contributed by atoms with van der Waals surface area (Å²) in [7, 11) is 0. The highest BCUT2D eigenvalue weighted by Crippen LogP contribution is 2.25. The van der Waals surface area contributed by atoms with E-state index in [-0.39, 0.29) is 29.4 Å². The number of ketones is 2. The third kappa shape index (κ3) is 4.11. The molecule has 30 heavy (non-hydrogen) atoms. The highest BCUT2D eigenvalue weighted by Gasteiger charge is 2.12. The normalized spacial score (nSPS) is 11.2. The number of phenols is 1. The van der Waals surface area contributed by atoms with E-state index in [4.69, 9.17) is 0 Å². The molecular formula is C25H18BrNO3. The van der Waals surface area contributed by atoms with Crippen LogP contribution in [0.15, 0.2) is 89.5 Å². The fourth-order valence-electron chi connectivity index (χ4n) is 3.38. The van der Waals surface area contributed by atoms with Crippen molar-refractivity contribution >= 4 is 44.5 Å². The SMILES string of the molecule is O=C(Cn1cc(/C=C/C(=O)c2ccc(Br)cc2O)c2ccccc21)c1ccccc1. The van der Waals surface area contributed by atoms with Gasteiger partial charge >= 0.3 is 0 Å². The van der Waals surface area contributed by atoms with Gasteiger partial charge in [0, 0.05) is 32.7 Å². The number of carbonyl (C=O) groups excluding carboxylic acids is 2. The number of phenolic OH excluding ortho intramolecular Hbond substituents is 1. The fraction of sp³-hybridized carbons (Fsp3) is 0.0400. The number of Topliss-reactive ketones (excluding diaryl/α,β-unsaturated/α-hetero) is 1. The number of para-hydroxylation sites is 1. The van der Waals surface area contributed by atoms with Gasteiger partial charge in [0.05, 0.1) is 12.1 Å². The zero-order valence-corrected chi connectivity index (χ0v) is 17.5. The van der Waals surface area contributed by atoms with Crippen LogP contribution in [-0.2, 0) is 6.54 Å². The van der Waals surface area contributed by atoms with E-state index in [1.165, 1.54) is 12.1 Å². The Labute approximate surface area is 182 Å². The van der Waals surface area contributed by atoms with Crippen molar-refractivity contribution in [3.05, 3.63) is 106 Å². The molecule has 0 aliphatic heterocycles. The lowest BCUT2D eigenvalue weighted by atomic mass is 10.1. The number of rotatable bonds is 6. The van der Waals surface area contributed by atoms with Crippen LogP contribution in [0.3, 0.4) is 0 Å². The quantitative estimate of drug-likeness (QED) is 0.289. The topological polar surface area (TPSA) is 59.3 Å². The molecule has 0 aliphatic rings. The summed E-state index contributed by atoms with van der Waals surface area (Å²) in [5.74, 6) is -0.352. The van der Waals surface area contributed by atoms with Gasteiger partial charge in [-0.1, -0.05) is 64.5 Å². The molecule has 4 nitrogen and oxygen atoms in total. The van der Waals surface area contributed by atoms with Crippen molar-refractivity contribution in [3.8, 4) is 5.75 Å². The first-order chi connectivity index (χ1) is 14.5. The molecular weight excluding hydrogens is 442 g/mol. The number of halogens is 1. The summed E-state index contributed by atoms with van der Waals surface area (Å²) in [4.78, 5) is 25.2. The molecule has 5 heteroatoms. The number of allylic oxidation sites excluding steroid dienone is 1. The molecule has 0 spiro atoms. The van der Waals surface area contributed by atoms with Crippen molar-refractivity contribution in [2.45, 2.75) is 6.54 Å². The van der Waals surface area contributed by atoms with Crippen LogP contribution in [0.5, 0.6) is 5.75 Å². The number of aromatic hydroxyl groups is 1. The molecule has 1 heterocycles. The number of nitrogens with zero attached hydrogens (tertiary/aromatic N) is 1. The van der Waals surface area contributed by atoms with Crippen LogP contribution in [0, 0.1) is 0 Å². The van der Waals surface area contributed by atoms with Gasteiger partial charge in [0.25, 0.3) is 0 Å². The van der Waals surface area contributed by atoms with Gasteiger partial charge in [0.1, 0.15) is 5.75 Å². The van der Waals surface area contributed by atoms with Gasteiger partial charge in [-0.3, -0.25) is 9.59 Å². The maximum Gasteiger partial charge on any atom is 0.189 e. The van der Waals surface area contributed by atoms with E-state index in [2.05, 4.69) is 15.9 Å². The van der Waals surface area contributed by atoms with E-state index in [1.807, 2.05) is 53.2 Å². The number of hydrogen-bond acceptors (Lipinski definition) is 3. The molecule has 0 atom stereocenters. The lowest BCUT2D eigenvalue weighted by Gasteiger charge is -2.04. The van der Waals surface area contributed by atoms with E-state index in [1.54, 1.807) is 30.3 Å². The third-order valence-electron chi connectivity index (χ3n) is 4.87. The van der Waals surface area contributed by atoms with Gasteiger partial charge in [0.2, 0.25) is 0 Å². The van der Waals surface area contributed by atoms with E-state index in [0.717, 1.165) is 16.5 Å². The van der Waals surface area contributed by atoms with Gasteiger partial charge in [-0.2, -0.15) is 0 Å². The maximum absolute atomic E-state index is 12.7. The molecule has 148 valence electrons. The van der Waals surface area contributed by atoms with Gasteiger partial charge < -0.3 is 9.67 Å². The first-order valence-electron chi connectivity index (χ1n) is 9.40. The van der Waals surface area contributed by atoms with E-state index >= 15 is 0 Å². The minimum atomic E-state index is -0.294. The second kappa shape index (κ2) is 8.51. The lowest BCUT2D eigenvalue weighted by Crippen LogP contribution is -2.09. The van der Waals surface area contributed by atoms with Crippen molar-refractivity contribution in [1.82, 2.24) is 4.57 Å². The summed E-state index contributed by atoms with van der Waals surface area (Å²) in [5, 5.41) is 11.0. The van der Waals surface area contributed by atoms with Crippen LogP contribution in [0.2, 0.25) is 0 Å². The molecule has 1 N–H and O–H groups in total. The predicted molar refractivity (Wildman–Crippen MR) is 122 cm³/mol. The fourth-order valence-corrected chi connectivity index (χ4v) is 3.73. The van der Waals surface area contributed by atoms with Crippen molar-refractivity contribution < 1.29 is 14.7 Å².